The Balaban J connectivity index is 1.86. The molecule has 0 saturated carbocycles. The number of aromatic nitrogens is 2. The van der Waals surface area contributed by atoms with Crippen molar-refractivity contribution in [2.45, 2.75) is 13.3 Å². The maximum absolute atomic E-state index is 11.9. The number of nitrogens with zero attached hydrogens (tertiary/aromatic N) is 2. The smallest absolute Gasteiger partial charge is 0.273 e. The molecular formula is C15H19ClN4O. The number of carbonyl (C=O) groups excluding carboxylic acids is 1. The van der Waals surface area contributed by atoms with Crippen LogP contribution in [0, 0.1) is 6.92 Å². The average molecular weight is 307 g/mol. The van der Waals surface area contributed by atoms with Gasteiger partial charge in [0.05, 0.1) is 10.7 Å². The number of amides is 1. The highest BCUT2D eigenvalue weighted by molar-refractivity contribution is 6.34. The van der Waals surface area contributed by atoms with Crippen molar-refractivity contribution in [2.75, 3.05) is 25.5 Å². The van der Waals surface area contributed by atoms with Crippen molar-refractivity contribution in [3.63, 3.8) is 0 Å². The van der Waals surface area contributed by atoms with Gasteiger partial charge >= 0.3 is 0 Å². The average Bonchev–Trinajstić information content (AvgIpc) is 2.79. The zero-order valence-electron chi connectivity index (χ0n) is 12.4. The SMILES string of the molecule is Cc1[nH]nc(C(=O)NCCc2ccc(N(C)C)cc2)c1Cl. The molecular weight excluding hydrogens is 288 g/mol. The van der Waals surface area contributed by atoms with Gasteiger partial charge < -0.3 is 10.2 Å². The quantitative estimate of drug-likeness (QED) is 0.892. The Morgan fingerprint density at radius 1 is 1.33 bits per heavy atom. The maximum Gasteiger partial charge on any atom is 0.273 e. The molecule has 0 unspecified atom stereocenters. The molecule has 0 spiro atoms. The third kappa shape index (κ3) is 3.76. The fraction of sp³-hybridized carbons (Fsp3) is 0.333. The summed E-state index contributed by atoms with van der Waals surface area (Å²) in [5, 5.41) is 9.79. The molecule has 6 heteroatoms. The predicted molar refractivity (Wildman–Crippen MR) is 85.1 cm³/mol. The molecule has 0 aliphatic heterocycles. The Hall–Kier alpha value is -2.01. The number of aromatic amines is 1. The molecule has 21 heavy (non-hydrogen) atoms. The number of halogens is 1. The molecule has 0 atom stereocenters. The zero-order chi connectivity index (χ0) is 15.4. The molecule has 0 aliphatic carbocycles. The summed E-state index contributed by atoms with van der Waals surface area (Å²) >= 11 is 5.99. The number of aryl methyl sites for hydroxylation is 1. The lowest BCUT2D eigenvalue weighted by molar-refractivity contribution is 0.0949. The first kappa shape index (κ1) is 15.4. The van der Waals surface area contributed by atoms with Crippen molar-refractivity contribution < 1.29 is 4.79 Å². The lowest BCUT2D eigenvalue weighted by Crippen LogP contribution is -2.26. The van der Waals surface area contributed by atoms with E-state index in [9.17, 15) is 4.79 Å². The molecule has 2 N–H and O–H groups in total. The van der Waals surface area contributed by atoms with Crippen molar-refractivity contribution in [3.8, 4) is 0 Å². The third-order valence-corrected chi connectivity index (χ3v) is 3.70. The molecule has 1 aromatic carbocycles. The van der Waals surface area contributed by atoms with Crippen LogP contribution in [0.5, 0.6) is 0 Å². The summed E-state index contributed by atoms with van der Waals surface area (Å²) in [7, 11) is 4.01. The number of benzene rings is 1. The molecule has 2 aromatic rings. The summed E-state index contributed by atoms with van der Waals surface area (Å²) in [5.41, 5.74) is 3.27. The van der Waals surface area contributed by atoms with E-state index in [1.54, 1.807) is 6.92 Å². The molecule has 1 heterocycles. The molecule has 0 radical (unpaired) electrons. The van der Waals surface area contributed by atoms with E-state index in [4.69, 9.17) is 11.6 Å². The summed E-state index contributed by atoms with van der Waals surface area (Å²) in [6.07, 6.45) is 0.764. The van der Waals surface area contributed by atoms with Gasteiger partial charge in [0.2, 0.25) is 0 Å². The monoisotopic (exact) mass is 306 g/mol. The van der Waals surface area contributed by atoms with Gasteiger partial charge in [0.15, 0.2) is 5.69 Å². The molecule has 2 rings (SSSR count). The van der Waals surface area contributed by atoms with Crippen LogP contribution in [0.25, 0.3) is 0 Å². The fourth-order valence-corrected chi connectivity index (χ4v) is 2.10. The van der Waals surface area contributed by atoms with E-state index in [-0.39, 0.29) is 11.6 Å². The molecule has 0 aliphatic rings. The number of hydrogen-bond donors (Lipinski definition) is 2. The normalized spacial score (nSPS) is 10.5. The second-order valence-corrected chi connectivity index (χ2v) is 5.46. The van der Waals surface area contributed by atoms with E-state index in [0.717, 1.165) is 12.1 Å². The first-order valence-electron chi connectivity index (χ1n) is 6.74. The van der Waals surface area contributed by atoms with E-state index in [0.29, 0.717) is 17.3 Å². The number of anilines is 1. The van der Waals surface area contributed by atoms with Gasteiger partial charge in [-0.2, -0.15) is 5.10 Å². The van der Waals surface area contributed by atoms with Gasteiger partial charge in [-0.05, 0) is 31.0 Å². The van der Waals surface area contributed by atoms with Crippen LogP contribution in [0.4, 0.5) is 5.69 Å². The van der Waals surface area contributed by atoms with Gasteiger partial charge in [0, 0.05) is 26.3 Å². The molecule has 112 valence electrons. The second kappa shape index (κ2) is 6.63. The fourth-order valence-electron chi connectivity index (χ4n) is 1.93. The minimum Gasteiger partial charge on any atom is -0.378 e. The van der Waals surface area contributed by atoms with Crippen LogP contribution in [0.2, 0.25) is 5.02 Å². The highest BCUT2D eigenvalue weighted by Gasteiger charge is 2.15. The van der Waals surface area contributed by atoms with Crippen LogP contribution >= 0.6 is 11.6 Å². The van der Waals surface area contributed by atoms with Crippen molar-refractivity contribution in [2.24, 2.45) is 0 Å². The minimum absolute atomic E-state index is 0.247. The van der Waals surface area contributed by atoms with Gasteiger partial charge in [0.1, 0.15) is 0 Å². The predicted octanol–water partition coefficient (Wildman–Crippen LogP) is 2.41. The summed E-state index contributed by atoms with van der Waals surface area (Å²) in [4.78, 5) is 14.0. The standard InChI is InChI=1S/C15H19ClN4O/c1-10-13(16)14(19-18-10)15(21)17-9-8-11-4-6-12(7-5-11)20(2)3/h4-7H,8-9H2,1-3H3,(H,17,21)(H,18,19). The Morgan fingerprint density at radius 3 is 2.52 bits per heavy atom. The maximum atomic E-state index is 11.9. The number of rotatable bonds is 5. The number of hydrogen-bond acceptors (Lipinski definition) is 3. The Bertz CT molecular complexity index is 619. The van der Waals surface area contributed by atoms with Gasteiger partial charge in [-0.3, -0.25) is 9.89 Å². The Labute approximate surface area is 129 Å². The van der Waals surface area contributed by atoms with Crippen LogP contribution in [-0.2, 0) is 6.42 Å². The van der Waals surface area contributed by atoms with Crippen LogP contribution in [-0.4, -0.2) is 36.7 Å². The first-order chi connectivity index (χ1) is 9.99. The van der Waals surface area contributed by atoms with Crippen LogP contribution in [0.15, 0.2) is 24.3 Å². The number of carbonyl (C=O) groups is 1. The summed E-state index contributed by atoms with van der Waals surface area (Å²) < 4.78 is 0. The Kier molecular flexibility index (Phi) is 4.85. The summed E-state index contributed by atoms with van der Waals surface area (Å²) in [6, 6.07) is 8.25. The zero-order valence-corrected chi connectivity index (χ0v) is 13.2. The van der Waals surface area contributed by atoms with Gasteiger partial charge in [-0.15, -0.1) is 0 Å². The minimum atomic E-state index is -0.255. The molecule has 1 amide bonds. The van der Waals surface area contributed by atoms with Gasteiger partial charge in [0.25, 0.3) is 5.91 Å². The van der Waals surface area contributed by atoms with Crippen LogP contribution in [0.3, 0.4) is 0 Å². The molecule has 0 fully saturated rings. The lowest BCUT2D eigenvalue weighted by atomic mass is 10.1. The van der Waals surface area contributed by atoms with E-state index in [1.807, 2.05) is 19.0 Å². The summed E-state index contributed by atoms with van der Waals surface area (Å²) in [5.74, 6) is -0.255. The van der Waals surface area contributed by atoms with Crippen molar-refractivity contribution in [1.82, 2.24) is 15.5 Å². The molecule has 5 nitrogen and oxygen atoms in total. The number of H-pyrrole nitrogens is 1. The van der Waals surface area contributed by atoms with E-state index < -0.39 is 0 Å². The van der Waals surface area contributed by atoms with Crippen molar-refractivity contribution in [3.05, 3.63) is 46.2 Å². The van der Waals surface area contributed by atoms with Gasteiger partial charge in [-0.25, -0.2) is 0 Å². The van der Waals surface area contributed by atoms with Crippen molar-refractivity contribution in [1.29, 1.82) is 0 Å². The number of nitrogens with one attached hydrogen (secondary N) is 2. The van der Waals surface area contributed by atoms with E-state index >= 15 is 0 Å². The summed E-state index contributed by atoms with van der Waals surface area (Å²) in [6.45, 7) is 2.32. The second-order valence-electron chi connectivity index (χ2n) is 5.08. The van der Waals surface area contributed by atoms with E-state index in [2.05, 4.69) is 39.8 Å². The first-order valence-corrected chi connectivity index (χ1v) is 7.11. The Morgan fingerprint density at radius 2 is 2.00 bits per heavy atom. The molecule has 0 saturated heterocycles. The third-order valence-electron chi connectivity index (χ3n) is 3.24. The van der Waals surface area contributed by atoms with Crippen LogP contribution in [0.1, 0.15) is 21.7 Å². The van der Waals surface area contributed by atoms with Gasteiger partial charge in [-0.1, -0.05) is 23.7 Å². The topological polar surface area (TPSA) is 61.0 Å². The molecule has 0 bridgehead atoms. The van der Waals surface area contributed by atoms with Crippen molar-refractivity contribution >= 4 is 23.2 Å². The largest absolute Gasteiger partial charge is 0.378 e. The lowest BCUT2D eigenvalue weighted by Gasteiger charge is -2.12. The highest BCUT2D eigenvalue weighted by Crippen LogP contribution is 2.16. The van der Waals surface area contributed by atoms with E-state index in [1.165, 1.54) is 5.56 Å². The molecule has 1 aromatic heterocycles. The van der Waals surface area contributed by atoms with Crippen LogP contribution < -0.4 is 10.2 Å². The highest BCUT2D eigenvalue weighted by atomic mass is 35.5.